The molecule has 1 N–H and O–H groups in total. The minimum Gasteiger partial charge on any atom is -0.444 e. The van der Waals surface area contributed by atoms with E-state index in [2.05, 4.69) is 28.2 Å². The van der Waals surface area contributed by atoms with Gasteiger partial charge in [0.25, 0.3) is 5.91 Å². The summed E-state index contributed by atoms with van der Waals surface area (Å²) in [7, 11) is 0. The number of carbonyl (C=O) groups excluding carboxylic acids is 1. The lowest BCUT2D eigenvalue weighted by atomic mass is 10.1. The molecule has 2 rings (SSSR count). The van der Waals surface area contributed by atoms with E-state index in [0.29, 0.717) is 10.4 Å². The molecule has 0 aliphatic heterocycles. The summed E-state index contributed by atoms with van der Waals surface area (Å²) in [6.45, 7) is 2.11. The first-order valence-corrected chi connectivity index (χ1v) is 7.47. The maximum absolute atomic E-state index is 12.0. The summed E-state index contributed by atoms with van der Waals surface area (Å²) in [4.78, 5) is 13.2. The summed E-state index contributed by atoms with van der Waals surface area (Å²) < 4.78 is 5.82. The molecule has 2 aromatic heterocycles. The van der Waals surface area contributed by atoms with E-state index in [1.165, 1.54) is 4.88 Å². The van der Waals surface area contributed by atoms with Gasteiger partial charge in [-0.2, -0.15) is 0 Å². The second-order valence-corrected chi connectivity index (χ2v) is 5.69. The van der Waals surface area contributed by atoms with Crippen LogP contribution >= 0.6 is 27.3 Å². The van der Waals surface area contributed by atoms with Crippen LogP contribution in [0.1, 0.15) is 41.2 Å². The first kappa shape index (κ1) is 13.4. The van der Waals surface area contributed by atoms with Gasteiger partial charge in [-0.3, -0.25) is 4.79 Å². The van der Waals surface area contributed by atoms with Crippen molar-refractivity contribution in [1.82, 2.24) is 5.32 Å². The number of carbonyl (C=O) groups is 1. The summed E-state index contributed by atoms with van der Waals surface area (Å²) in [5.74, 6) is 0.159. The van der Waals surface area contributed by atoms with Gasteiger partial charge in [-0.25, -0.2) is 0 Å². The van der Waals surface area contributed by atoms with Gasteiger partial charge in [0, 0.05) is 4.88 Å². The van der Waals surface area contributed by atoms with E-state index < -0.39 is 0 Å². The lowest BCUT2D eigenvalue weighted by Gasteiger charge is -2.15. The SMILES string of the molecule is CCCC(NC(=O)c1ccc(Br)o1)c1cccs1. The Bertz CT molecular complexity index is 507. The highest BCUT2D eigenvalue weighted by Crippen LogP contribution is 2.24. The van der Waals surface area contributed by atoms with Crippen LogP contribution < -0.4 is 5.32 Å². The number of hydrogen-bond donors (Lipinski definition) is 1. The topological polar surface area (TPSA) is 42.2 Å². The highest BCUT2D eigenvalue weighted by molar-refractivity contribution is 9.10. The van der Waals surface area contributed by atoms with E-state index in [1.807, 2.05) is 17.5 Å². The Balaban J connectivity index is 2.07. The van der Waals surface area contributed by atoms with E-state index >= 15 is 0 Å². The van der Waals surface area contributed by atoms with Crippen molar-refractivity contribution in [2.24, 2.45) is 0 Å². The molecule has 18 heavy (non-hydrogen) atoms. The third-order valence-electron chi connectivity index (χ3n) is 2.57. The zero-order valence-electron chi connectivity index (χ0n) is 9.98. The highest BCUT2D eigenvalue weighted by Gasteiger charge is 2.17. The van der Waals surface area contributed by atoms with Crippen LogP contribution in [0.2, 0.25) is 0 Å². The first-order valence-electron chi connectivity index (χ1n) is 5.80. The number of nitrogens with one attached hydrogen (secondary N) is 1. The number of thiophene rings is 1. The second kappa shape index (κ2) is 6.20. The average Bonchev–Trinajstić information content (AvgIpc) is 2.98. The molecular weight excluding hydrogens is 314 g/mol. The number of hydrogen-bond acceptors (Lipinski definition) is 3. The maximum atomic E-state index is 12.0. The molecule has 0 saturated heterocycles. The number of rotatable bonds is 5. The van der Waals surface area contributed by atoms with Crippen molar-refractivity contribution in [2.45, 2.75) is 25.8 Å². The molecule has 2 aromatic rings. The molecule has 2 heterocycles. The van der Waals surface area contributed by atoms with Gasteiger partial charge >= 0.3 is 0 Å². The van der Waals surface area contributed by atoms with Gasteiger partial charge in [0.2, 0.25) is 0 Å². The minimum absolute atomic E-state index is 0.0615. The predicted octanol–water partition coefficient (Wildman–Crippen LogP) is 4.37. The van der Waals surface area contributed by atoms with Gasteiger partial charge in [-0.15, -0.1) is 11.3 Å². The van der Waals surface area contributed by atoms with Crippen molar-refractivity contribution < 1.29 is 9.21 Å². The summed E-state index contributed by atoms with van der Waals surface area (Å²) in [6, 6.07) is 7.49. The molecule has 0 radical (unpaired) electrons. The lowest BCUT2D eigenvalue weighted by Crippen LogP contribution is -2.27. The Morgan fingerprint density at radius 3 is 2.89 bits per heavy atom. The van der Waals surface area contributed by atoms with Gasteiger partial charge in [0.05, 0.1) is 6.04 Å². The summed E-state index contributed by atoms with van der Waals surface area (Å²) in [5, 5.41) is 5.03. The Hall–Kier alpha value is -1.07. The normalized spacial score (nSPS) is 12.3. The maximum Gasteiger partial charge on any atom is 0.287 e. The molecule has 0 aromatic carbocycles. The van der Waals surface area contributed by atoms with Crippen LogP contribution in [0.5, 0.6) is 0 Å². The zero-order valence-corrected chi connectivity index (χ0v) is 12.4. The predicted molar refractivity (Wildman–Crippen MR) is 75.8 cm³/mol. The van der Waals surface area contributed by atoms with Crippen molar-refractivity contribution in [3.05, 3.63) is 45.0 Å². The van der Waals surface area contributed by atoms with E-state index in [1.54, 1.807) is 23.5 Å². The molecule has 3 nitrogen and oxygen atoms in total. The largest absolute Gasteiger partial charge is 0.444 e. The van der Waals surface area contributed by atoms with Crippen LogP contribution in [-0.4, -0.2) is 5.91 Å². The van der Waals surface area contributed by atoms with Crippen LogP contribution in [0, 0.1) is 0 Å². The van der Waals surface area contributed by atoms with Crippen LogP contribution in [0.25, 0.3) is 0 Å². The van der Waals surface area contributed by atoms with Gasteiger partial charge in [-0.05, 0) is 45.9 Å². The highest BCUT2D eigenvalue weighted by atomic mass is 79.9. The summed E-state index contributed by atoms with van der Waals surface area (Å²) >= 11 is 4.85. The van der Waals surface area contributed by atoms with Crippen molar-refractivity contribution >= 4 is 33.2 Å². The molecule has 0 fully saturated rings. The third kappa shape index (κ3) is 3.23. The van der Waals surface area contributed by atoms with Crippen LogP contribution in [0.15, 0.2) is 38.7 Å². The van der Waals surface area contributed by atoms with Crippen molar-refractivity contribution in [3.8, 4) is 0 Å². The molecule has 1 unspecified atom stereocenters. The molecular formula is C13H14BrNO2S. The van der Waals surface area contributed by atoms with Gasteiger partial charge < -0.3 is 9.73 Å². The summed E-state index contributed by atoms with van der Waals surface area (Å²) in [5.41, 5.74) is 0. The van der Waals surface area contributed by atoms with Crippen molar-refractivity contribution in [2.75, 3.05) is 0 Å². The minimum atomic E-state index is -0.174. The third-order valence-corrected chi connectivity index (χ3v) is 3.98. The first-order chi connectivity index (χ1) is 8.70. The fraction of sp³-hybridized carbons (Fsp3) is 0.308. The van der Waals surface area contributed by atoms with E-state index in [0.717, 1.165) is 12.8 Å². The number of furan rings is 1. The Labute approximate surface area is 118 Å². The molecule has 0 bridgehead atoms. The summed E-state index contributed by atoms with van der Waals surface area (Å²) in [6.07, 6.45) is 1.94. The lowest BCUT2D eigenvalue weighted by molar-refractivity contribution is 0.0906. The fourth-order valence-corrected chi connectivity index (χ4v) is 2.85. The van der Waals surface area contributed by atoms with Gasteiger partial charge in [0.15, 0.2) is 10.4 Å². The Morgan fingerprint density at radius 1 is 1.50 bits per heavy atom. The molecule has 1 amide bonds. The zero-order chi connectivity index (χ0) is 13.0. The number of amides is 1. The van der Waals surface area contributed by atoms with Crippen molar-refractivity contribution in [3.63, 3.8) is 0 Å². The monoisotopic (exact) mass is 327 g/mol. The fourth-order valence-electron chi connectivity index (χ4n) is 1.73. The van der Waals surface area contributed by atoms with E-state index in [4.69, 9.17) is 4.42 Å². The smallest absolute Gasteiger partial charge is 0.287 e. The molecule has 5 heteroatoms. The van der Waals surface area contributed by atoms with Crippen LogP contribution in [-0.2, 0) is 0 Å². The van der Waals surface area contributed by atoms with E-state index in [9.17, 15) is 4.79 Å². The van der Waals surface area contributed by atoms with Crippen LogP contribution in [0.4, 0.5) is 0 Å². The molecule has 0 spiro atoms. The number of halogens is 1. The molecule has 1 atom stereocenters. The van der Waals surface area contributed by atoms with Crippen LogP contribution in [0.3, 0.4) is 0 Å². The molecule has 0 aliphatic carbocycles. The van der Waals surface area contributed by atoms with Crippen molar-refractivity contribution in [1.29, 1.82) is 0 Å². The van der Waals surface area contributed by atoms with E-state index in [-0.39, 0.29) is 11.9 Å². The molecule has 0 aliphatic rings. The van der Waals surface area contributed by atoms with Gasteiger partial charge in [0.1, 0.15) is 0 Å². The second-order valence-electron chi connectivity index (χ2n) is 3.93. The van der Waals surface area contributed by atoms with Gasteiger partial charge in [-0.1, -0.05) is 19.4 Å². The Morgan fingerprint density at radius 2 is 2.33 bits per heavy atom. The average molecular weight is 328 g/mol. The molecule has 96 valence electrons. The standard InChI is InChI=1S/C13H14BrNO2S/c1-2-4-9(11-5-3-8-18-11)15-13(16)10-6-7-12(14)17-10/h3,5-9H,2,4H2,1H3,(H,15,16). The molecule has 0 saturated carbocycles. The Kier molecular flexibility index (Phi) is 4.60. The quantitative estimate of drug-likeness (QED) is 0.885.